The first-order chi connectivity index (χ1) is 6.72. The average molecular weight is 216 g/mol. The van der Waals surface area contributed by atoms with Crippen molar-refractivity contribution in [3.05, 3.63) is 0 Å². The normalized spacial score (nSPS) is 12.3. The Morgan fingerprint density at radius 2 is 1.80 bits per heavy atom. The molecule has 0 aromatic heterocycles. The molecule has 0 aromatic carbocycles. The Hall–Kier alpha value is -0.610. The molecular formula is C11H24N2O2. The lowest BCUT2D eigenvalue weighted by Gasteiger charge is -2.35. The highest BCUT2D eigenvalue weighted by atomic mass is 16.3. The van der Waals surface area contributed by atoms with Crippen LogP contribution in [0.3, 0.4) is 0 Å². The Bertz CT molecular complexity index is 215. The third-order valence-corrected chi connectivity index (χ3v) is 2.96. The van der Waals surface area contributed by atoms with Gasteiger partial charge in [0.25, 0.3) is 0 Å². The Morgan fingerprint density at radius 3 is 2.13 bits per heavy atom. The first kappa shape index (κ1) is 14.4. The number of aliphatic hydroxyl groups excluding tert-OH is 1. The Labute approximate surface area is 92.9 Å². The molecule has 0 radical (unpaired) electrons. The average Bonchev–Trinajstić information content (AvgIpc) is 2.16. The van der Waals surface area contributed by atoms with E-state index >= 15 is 0 Å². The fraction of sp³-hybridized carbons (Fsp3) is 0.909. The molecule has 0 heterocycles. The van der Waals surface area contributed by atoms with Crippen molar-refractivity contribution in [1.29, 1.82) is 0 Å². The fourth-order valence-electron chi connectivity index (χ4n) is 0.937. The first-order valence-electron chi connectivity index (χ1n) is 5.30. The van der Waals surface area contributed by atoms with Crippen LogP contribution in [-0.2, 0) is 4.79 Å². The predicted molar refractivity (Wildman–Crippen MR) is 61.7 cm³/mol. The SMILES string of the molecule is CC(C)N(C)C(=O)CN(C)C(C)(C)CO. The van der Waals surface area contributed by atoms with Crippen molar-refractivity contribution in [2.45, 2.75) is 39.3 Å². The maximum absolute atomic E-state index is 11.8. The maximum Gasteiger partial charge on any atom is 0.236 e. The molecule has 0 rings (SSSR count). The molecule has 15 heavy (non-hydrogen) atoms. The van der Waals surface area contributed by atoms with Crippen LogP contribution in [0.5, 0.6) is 0 Å². The van der Waals surface area contributed by atoms with E-state index in [9.17, 15) is 4.79 Å². The van der Waals surface area contributed by atoms with E-state index in [0.717, 1.165) is 0 Å². The van der Waals surface area contributed by atoms with Crippen LogP contribution in [0.1, 0.15) is 27.7 Å². The zero-order chi connectivity index (χ0) is 12.2. The smallest absolute Gasteiger partial charge is 0.236 e. The molecule has 1 amide bonds. The van der Waals surface area contributed by atoms with Crippen molar-refractivity contribution in [2.75, 3.05) is 27.2 Å². The van der Waals surface area contributed by atoms with Gasteiger partial charge in [-0.15, -0.1) is 0 Å². The van der Waals surface area contributed by atoms with Crippen LogP contribution in [0, 0.1) is 0 Å². The number of amides is 1. The summed E-state index contributed by atoms with van der Waals surface area (Å²) >= 11 is 0. The van der Waals surface area contributed by atoms with Crippen LogP contribution >= 0.6 is 0 Å². The summed E-state index contributed by atoms with van der Waals surface area (Å²) in [6.07, 6.45) is 0. The molecule has 0 bridgehead atoms. The van der Waals surface area contributed by atoms with Crippen molar-refractivity contribution < 1.29 is 9.90 Å². The van der Waals surface area contributed by atoms with Gasteiger partial charge >= 0.3 is 0 Å². The van der Waals surface area contributed by atoms with Gasteiger partial charge in [0.1, 0.15) is 0 Å². The van der Waals surface area contributed by atoms with Crippen molar-refractivity contribution in [3.63, 3.8) is 0 Å². The van der Waals surface area contributed by atoms with E-state index in [1.807, 2.05) is 39.6 Å². The number of hydrogen-bond acceptors (Lipinski definition) is 3. The lowest BCUT2D eigenvalue weighted by atomic mass is 10.1. The topological polar surface area (TPSA) is 43.8 Å². The molecule has 0 spiro atoms. The molecule has 1 N–H and O–H groups in total. The van der Waals surface area contributed by atoms with Crippen molar-refractivity contribution in [3.8, 4) is 0 Å². The predicted octanol–water partition coefficient (Wildman–Crippen LogP) is 0.556. The van der Waals surface area contributed by atoms with Crippen LogP contribution in [0.2, 0.25) is 0 Å². The van der Waals surface area contributed by atoms with Crippen LogP contribution in [-0.4, -0.2) is 59.6 Å². The van der Waals surface area contributed by atoms with E-state index in [0.29, 0.717) is 6.54 Å². The molecule has 0 aliphatic heterocycles. The summed E-state index contributed by atoms with van der Waals surface area (Å²) in [5.74, 6) is 0.0778. The molecule has 0 atom stereocenters. The van der Waals surface area contributed by atoms with Gasteiger partial charge in [0.05, 0.1) is 13.2 Å². The molecule has 0 fully saturated rings. The minimum Gasteiger partial charge on any atom is -0.394 e. The zero-order valence-corrected chi connectivity index (χ0v) is 10.7. The van der Waals surface area contributed by atoms with Crippen LogP contribution in [0.15, 0.2) is 0 Å². The molecule has 90 valence electrons. The maximum atomic E-state index is 11.8. The summed E-state index contributed by atoms with van der Waals surface area (Å²) in [6, 6.07) is 0.211. The van der Waals surface area contributed by atoms with Gasteiger partial charge in [-0.2, -0.15) is 0 Å². The zero-order valence-electron chi connectivity index (χ0n) is 10.7. The van der Waals surface area contributed by atoms with Gasteiger partial charge in [-0.25, -0.2) is 0 Å². The van der Waals surface area contributed by atoms with E-state index in [1.165, 1.54) is 0 Å². The van der Waals surface area contributed by atoms with Gasteiger partial charge in [-0.1, -0.05) is 0 Å². The third kappa shape index (κ3) is 4.18. The number of hydrogen-bond donors (Lipinski definition) is 1. The molecule has 0 aliphatic carbocycles. The van der Waals surface area contributed by atoms with Crippen LogP contribution < -0.4 is 0 Å². The highest BCUT2D eigenvalue weighted by Gasteiger charge is 2.25. The highest BCUT2D eigenvalue weighted by Crippen LogP contribution is 2.11. The van der Waals surface area contributed by atoms with Gasteiger partial charge < -0.3 is 10.0 Å². The summed E-state index contributed by atoms with van der Waals surface area (Å²) < 4.78 is 0. The van der Waals surface area contributed by atoms with Crippen LogP contribution in [0.4, 0.5) is 0 Å². The first-order valence-corrected chi connectivity index (χ1v) is 5.30. The minimum atomic E-state index is -0.354. The lowest BCUT2D eigenvalue weighted by Crippen LogP contribution is -2.49. The van der Waals surface area contributed by atoms with Crippen molar-refractivity contribution in [2.24, 2.45) is 0 Å². The Morgan fingerprint density at radius 1 is 1.33 bits per heavy atom. The van der Waals surface area contributed by atoms with E-state index in [-0.39, 0.29) is 24.1 Å². The number of rotatable bonds is 5. The number of nitrogens with zero attached hydrogens (tertiary/aromatic N) is 2. The summed E-state index contributed by atoms with van der Waals surface area (Å²) in [5.41, 5.74) is -0.354. The van der Waals surface area contributed by atoms with Crippen molar-refractivity contribution >= 4 is 5.91 Å². The molecule has 4 heteroatoms. The Balaban J connectivity index is 4.30. The highest BCUT2D eigenvalue weighted by molar-refractivity contribution is 5.78. The quantitative estimate of drug-likeness (QED) is 0.730. The molecule has 0 aromatic rings. The van der Waals surface area contributed by atoms with E-state index in [1.54, 1.807) is 11.9 Å². The molecule has 4 nitrogen and oxygen atoms in total. The van der Waals surface area contributed by atoms with Gasteiger partial charge in [-0.05, 0) is 34.7 Å². The van der Waals surface area contributed by atoms with Gasteiger partial charge in [0, 0.05) is 18.6 Å². The fourth-order valence-corrected chi connectivity index (χ4v) is 0.937. The second-order valence-electron chi connectivity index (χ2n) is 4.93. The minimum absolute atomic E-state index is 0.0438. The van der Waals surface area contributed by atoms with Gasteiger partial charge in [0.15, 0.2) is 0 Å². The standard InChI is InChI=1S/C11H24N2O2/c1-9(2)13(6)10(15)7-12(5)11(3,4)8-14/h9,14H,7-8H2,1-6H3. The summed E-state index contributed by atoms with van der Waals surface area (Å²) in [5, 5.41) is 9.16. The molecule has 0 saturated heterocycles. The molecule has 0 unspecified atom stereocenters. The van der Waals surface area contributed by atoms with Crippen molar-refractivity contribution in [1.82, 2.24) is 9.80 Å². The van der Waals surface area contributed by atoms with Crippen LogP contribution in [0.25, 0.3) is 0 Å². The van der Waals surface area contributed by atoms with Gasteiger partial charge in [-0.3, -0.25) is 9.69 Å². The van der Waals surface area contributed by atoms with E-state index in [2.05, 4.69) is 0 Å². The number of likely N-dealkylation sites (N-methyl/N-ethyl adjacent to an activating group) is 2. The lowest BCUT2D eigenvalue weighted by molar-refractivity contribution is -0.133. The summed E-state index contributed by atoms with van der Waals surface area (Å²) in [7, 11) is 3.65. The largest absolute Gasteiger partial charge is 0.394 e. The summed E-state index contributed by atoms with van der Waals surface area (Å²) in [6.45, 7) is 8.17. The Kier molecular flexibility index (Phi) is 5.24. The number of aliphatic hydroxyl groups is 1. The molecular weight excluding hydrogens is 192 g/mol. The van der Waals surface area contributed by atoms with Gasteiger partial charge in [0.2, 0.25) is 5.91 Å². The summed E-state index contributed by atoms with van der Waals surface area (Å²) in [4.78, 5) is 15.3. The third-order valence-electron chi connectivity index (χ3n) is 2.96. The second-order valence-corrected chi connectivity index (χ2v) is 4.93. The van der Waals surface area contributed by atoms with E-state index in [4.69, 9.17) is 5.11 Å². The molecule has 0 saturated carbocycles. The van der Waals surface area contributed by atoms with E-state index < -0.39 is 0 Å². The second kappa shape index (κ2) is 5.47. The monoisotopic (exact) mass is 216 g/mol. The number of carbonyl (C=O) groups is 1. The molecule has 0 aliphatic rings. The number of carbonyl (C=O) groups excluding carboxylic acids is 1.